The number of nitrogens with zero attached hydrogens (tertiary/aromatic N) is 3. The Hall–Kier alpha value is -5.61. The van der Waals surface area contributed by atoms with Crippen LogP contribution in [0.2, 0.25) is 0 Å². The van der Waals surface area contributed by atoms with Crippen molar-refractivity contribution in [1.29, 1.82) is 0 Å². The minimum atomic E-state index is -0.0211. The number of hydrogen-bond donors (Lipinski definition) is 0. The highest BCUT2D eigenvalue weighted by Gasteiger charge is 2.48. The molecule has 0 saturated carbocycles. The average Bonchev–Trinajstić information content (AvgIpc) is 3.44. The van der Waals surface area contributed by atoms with E-state index in [4.69, 9.17) is 19.7 Å². The van der Waals surface area contributed by atoms with Gasteiger partial charge in [-0.2, -0.15) is 0 Å². The first kappa shape index (κ1) is 28.6. The van der Waals surface area contributed by atoms with Crippen molar-refractivity contribution in [2.75, 3.05) is 0 Å². The number of allylic oxidation sites excluding steroid dienone is 4. The molecule has 4 heteroatoms. The lowest BCUT2D eigenvalue weighted by molar-refractivity contribution is 0.145. The van der Waals surface area contributed by atoms with Crippen LogP contribution in [0.25, 0.3) is 39.5 Å². The Labute approximate surface area is 281 Å². The summed E-state index contributed by atoms with van der Waals surface area (Å²) in [6.45, 7) is 2.37. The summed E-state index contributed by atoms with van der Waals surface area (Å²) in [4.78, 5) is 15.3. The molecule has 0 N–H and O–H groups in total. The Morgan fingerprint density at radius 1 is 0.646 bits per heavy atom. The maximum atomic E-state index is 6.71. The molecule has 2 aliphatic carbocycles. The summed E-state index contributed by atoms with van der Waals surface area (Å²) >= 11 is 0. The first-order chi connectivity index (χ1) is 23.6. The van der Waals surface area contributed by atoms with Gasteiger partial charge in [0.1, 0.15) is 17.7 Å². The van der Waals surface area contributed by atoms with Gasteiger partial charge in [-0.15, -0.1) is 0 Å². The van der Waals surface area contributed by atoms with Crippen LogP contribution in [-0.2, 0) is 18.3 Å². The summed E-state index contributed by atoms with van der Waals surface area (Å²) in [5.74, 6) is 3.16. The summed E-state index contributed by atoms with van der Waals surface area (Å²) < 4.78 is 6.71. The van der Waals surface area contributed by atoms with Crippen LogP contribution in [-0.4, -0.2) is 21.1 Å². The number of hydrogen-bond acceptors (Lipinski definition) is 4. The second-order valence-electron chi connectivity index (χ2n) is 13.4. The molecule has 0 spiro atoms. The normalized spacial score (nSPS) is 20.6. The minimum absolute atomic E-state index is 0.00173. The molecule has 48 heavy (non-hydrogen) atoms. The fourth-order valence-electron chi connectivity index (χ4n) is 7.73. The van der Waals surface area contributed by atoms with Gasteiger partial charge in [0, 0.05) is 34.4 Å². The molecule has 5 aromatic carbocycles. The van der Waals surface area contributed by atoms with Gasteiger partial charge >= 0.3 is 0 Å². The number of fused-ring (bicyclic) bond motifs is 4. The topological polar surface area (TPSA) is 47.9 Å². The number of aromatic nitrogens is 3. The van der Waals surface area contributed by atoms with Crippen LogP contribution in [0.3, 0.4) is 0 Å². The van der Waals surface area contributed by atoms with Crippen LogP contribution < -0.4 is 4.74 Å². The van der Waals surface area contributed by atoms with Crippen LogP contribution in [0.5, 0.6) is 5.75 Å². The molecule has 0 radical (unpaired) electrons. The third-order valence-corrected chi connectivity index (χ3v) is 10.3. The largest absolute Gasteiger partial charge is 0.489 e. The van der Waals surface area contributed by atoms with Crippen molar-refractivity contribution in [3.63, 3.8) is 0 Å². The van der Waals surface area contributed by atoms with E-state index in [1.807, 2.05) is 24.3 Å². The number of rotatable bonds is 5. The third-order valence-electron chi connectivity index (χ3n) is 10.3. The second kappa shape index (κ2) is 11.6. The smallest absolute Gasteiger partial charge is 0.164 e. The molecule has 0 fully saturated rings. The van der Waals surface area contributed by atoms with E-state index in [-0.39, 0.29) is 17.4 Å². The summed E-state index contributed by atoms with van der Waals surface area (Å²) in [7, 11) is 0. The van der Waals surface area contributed by atoms with Crippen LogP contribution >= 0.6 is 0 Å². The Morgan fingerprint density at radius 3 is 2.15 bits per heavy atom. The maximum Gasteiger partial charge on any atom is 0.164 e. The van der Waals surface area contributed by atoms with Gasteiger partial charge in [0.05, 0.1) is 0 Å². The molecule has 0 saturated heterocycles. The quantitative estimate of drug-likeness (QED) is 0.192. The molecule has 9 rings (SSSR count). The molecule has 1 aromatic heterocycles. The second-order valence-corrected chi connectivity index (χ2v) is 13.4. The van der Waals surface area contributed by atoms with Gasteiger partial charge in [-0.25, -0.2) is 15.0 Å². The third kappa shape index (κ3) is 4.96. The van der Waals surface area contributed by atoms with E-state index in [9.17, 15) is 0 Å². The summed E-state index contributed by atoms with van der Waals surface area (Å²) in [5.41, 5.74) is 10.7. The van der Waals surface area contributed by atoms with E-state index in [1.54, 1.807) is 0 Å². The van der Waals surface area contributed by atoms with Gasteiger partial charge in [0.2, 0.25) is 0 Å². The summed E-state index contributed by atoms with van der Waals surface area (Å²) in [6, 6.07) is 44.7. The summed E-state index contributed by atoms with van der Waals surface area (Å²) in [5, 5.41) is 0. The molecule has 1 aliphatic heterocycles. The molecule has 0 amide bonds. The van der Waals surface area contributed by atoms with Crippen molar-refractivity contribution < 1.29 is 4.74 Å². The van der Waals surface area contributed by atoms with Gasteiger partial charge in [0.25, 0.3) is 0 Å². The van der Waals surface area contributed by atoms with Gasteiger partial charge in [-0.3, -0.25) is 0 Å². The van der Waals surface area contributed by atoms with E-state index in [0.29, 0.717) is 11.6 Å². The standard InChI is InChI=1S/C44H35N3O/c1-44-28-35-18-9-8-17-32(35)27-40(44)48-39-26-33(23-24-38(39)44)31-19-12-20-34(25-31)42-45-41(30-15-6-3-7-16-30)46-43(47-42)37-22-11-10-21-36(37)29-13-4-2-5-14-29/h2-19,21-26,34,40H,20,27-28H2,1H3/t34?,40?,44-/m0/s1. The molecule has 4 nitrogen and oxygen atoms in total. The average molecular weight is 622 g/mol. The van der Waals surface area contributed by atoms with Gasteiger partial charge < -0.3 is 4.74 Å². The fraction of sp³-hybridized carbons (Fsp3) is 0.159. The highest BCUT2D eigenvalue weighted by molar-refractivity contribution is 5.81. The lowest BCUT2D eigenvalue weighted by Crippen LogP contribution is -2.42. The van der Waals surface area contributed by atoms with Crippen molar-refractivity contribution in [3.05, 3.63) is 174 Å². The van der Waals surface area contributed by atoms with E-state index in [1.165, 1.54) is 16.7 Å². The van der Waals surface area contributed by atoms with Gasteiger partial charge in [-0.1, -0.05) is 146 Å². The fourth-order valence-corrected chi connectivity index (χ4v) is 7.73. The van der Waals surface area contributed by atoms with Crippen molar-refractivity contribution >= 4 is 5.57 Å². The van der Waals surface area contributed by atoms with E-state index >= 15 is 0 Å². The monoisotopic (exact) mass is 621 g/mol. The lowest BCUT2D eigenvalue weighted by Gasteiger charge is -2.36. The van der Waals surface area contributed by atoms with Crippen molar-refractivity contribution in [2.45, 2.75) is 43.6 Å². The Kier molecular flexibility index (Phi) is 6.89. The lowest BCUT2D eigenvalue weighted by atomic mass is 9.68. The molecule has 3 aliphatic rings. The van der Waals surface area contributed by atoms with Crippen LogP contribution in [0.4, 0.5) is 0 Å². The van der Waals surface area contributed by atoms with Crippen molar-refractivity contribution in [3.8, 4) is 39.7 Å². The highest BCUT2D eigenvalue weighted by atomic mass is 16.5. The van der Waals surface area contributed by atoms with Crippen LogP contribution in [0, 0.1) is 0 Å². The Bertz CT molecular complexity index is 2220. The zero-order valence-corrected chi connectivity index (χ0v) is 26.9. The zero-order chi connectivity index (χ0) is 32.1. The van der Waals surface area contributed by atoms with Crippen molar-refractivity contribution in [1.82, 2.24) is 15.0 Å². The predicted octanol–water partition coefficient (Wildman–Crippen LogP) is 9.82. The molecular formula is C44H35N3O. The summed E-state index contributed by atoms with van der Waals surface area (Å²) in [6.07, 6.45) is 9.71. The number of benzene rings is 5. The molecule has 6 aromatic rings. The van der Waals surface area contributed by atoms with Crippen LogP contribution in [0.15, 0.2) is 146 Å². The van der Waals surface area contributed by atoms with Crippen molar-refractivity contribution in [2.24, 2.45) is 0 Å². The number of ether oxygens (including phenoxy) is 1. The first-order valence-electron chi connectivity index (χ1n) is 16.9. The highest BCUT2D eigenvalue weighted by Crippen LogP contribution is 2.50. The van der Waals surface area contributed by atoms with Gasteiger partial charge in [0.15, 0.2) is 11.6 Å². The van der Waals surface area contributed by atoms with E-state index < -0.39 is 0 Å². The molecular weight excluding hydrogens is 587 g/mol. The Morgan fingerprint density at radius 2 is 1.33 bits per heavy atom. The zero-order valence-electron chi connectivity index (χ0n) is 26.9. The Balaban J connectivity index is 1.09. The van der Waals surface area contributed by atoms with E-state index in [2.05, 4.69) is 128 Å². The molecule has 2 unspecified atom stereocenters. The predicted molar refractivity (Wildman–Crippen MR) is 193 cm³/mol. The molecule has 0 bridgehead atoms. The molecule has 232 valence electrons. The van der Waals surface area contributed by atoms with E-state index in [0.717, 1.165) is 64.2 Å². The SMILES string of the molecule is C[C@@]12Cc3ccccc3CC1Oc1cc(C3=CC(c4nc(-c5ccccc5)nc(-c5ccccc5-c5ccccc5)n4)CC=C3)ccc12. The van der Waals surface area contributed by atoms with Gasteiger partial charge in [-0.05, 0) is 52.3 Å². The first-order valence-corrected chi connectivity index (χ1v) is 16.9. The maximum absolute atomic E-state index is 6.71. The van der Waals surface area contributed by atoms with Crippen LogP contribution in [0.1, 0.15) is 47.3 Å². The molecule has 3 atom stereocenters. The minimum Gasteiger partial charge on any atom is -0.489 e. The molecule has 2 heterocycles.